The zero-order chi connectivity index (χ0) is 6.85. The van der Waals surface area contributed by atoms with Gasteiger partial charge in [-0.2, -0.15) is 0 Å². The van der Waals surface area contributed by atoms with E-state index in [0.29, 0.717) is 11.6 Å². The van der Waals surface area contributed by atoms with Gasteiger partial charge >= 0.3 is 0 Å². The largest absolute Gasteiger partial charge is 0.323 e. The third kappa shape index (κ3) is 1.10. The summed E-state index contributed by atoms with van der Waals surface area (Å²) in [6.45, 7) is 0. The molecule has 1 heterocycles. The fraction of sp³-hybridized carbons (Fsp3) is 0.400. The molecule has 0 aliphatic carbocycles. The van der Waals surface area contributed by atoms with Gasteiger partial charge in [0.05, 0.1) is 7.85 Å². The minimum absolute atomic E-state index is 0.482. The van der Waals surface area contributed by atoms with E-state index in [1.807, 2.05) is 7.05 Å². The van der Waals surface area contributed by atoms with Gasteiger partial charge in [-0.05, 0) is 17.9 Å². The Kier molecular flexibility index (Phi) is 1.81. The molecular weight excluding hydrogens is 134 g/mol. The van der Waals surface area contributed by atoms with Gasteiger partial charge in [-0.3, -0.25) is 0 Å². The van der Waals surface area contributed by atoms with Crippen molar-refractivity contribution in [2.24, 2.45) is 7.05 Å². The van der Waals surface area contributed by atoms with Gasteiger partial charge < -0.3 is 4.57 Å². The molecule has 46 valence electrons. The minimum Gasteiger partial charge on any atom is -0.323 e. The van der Waals surface area contributed by atoms with Gasteiger partial charge in [-0.15, -0.1) is 0 Å². The Balaban J connectivity index is 3.04. The minimum atomic E-state index is 0.482. The van der Waals surface area contributed by atoms with Gasteiger partial charge in [-0.25, -0.2) is 4.98 Å². The van der Waals surface area contributed by atoms with E-state index in [1.165, 1.54) is 0 Å². The molecule has 1 aromatic rings. The first kappa shape index (κ1) is 6.68. The van der Waals surface area contributed by atoms with Crippen molar-refractivity contribution in [1.82, 2.24) is 9.55 Å². The van der Waals surface area contributed by atoms with Gasteiger partial charge in [0, 0.05) is 18.9 Å². The van der Waals surface area contributed by atoms with Crippen LogP contribution in [0.15, 0.2) is 6.20 Å². The summed E-state index contributed by atoms with van der Waals surface area (Å²) in [5.41, 5.74) is 0.944. The summed E-state index contributed by atoms with van der Waals surface area (Å²) in [6.07, 6.45) is 2.15. The number of halogens is 1. The Morgan fingerprint density at radius 2 is 2.56 bits per heavy atom. The summed E-state index contributed by atoms with van der Waals surface area (Å²) in [5, 5.41) is 0.482. The maximum absolute atomic E-state index is 5.60. The molecule has 0 atom stereocenters. The van der Waals surface area contributed by atoms with Crippen LogP contribution in [0, 0.1) is 0 Å². The van der Waals surface area contributed by atoms with E-state index in [9.17, 15) is 0 Å². The lowest BCUT2D eigenvalue weighted by Gasteiger charge is -1.96. The van der Waals surface area contributed by atoms with Crippen LogP contribution < -0.4 is 0 Å². The molecule has 2 radical (unpaired) electrons. The normalized spacial score (nSPS) is 10.0. The molecule has 0 aliphatic heterocycles. The number of aromatic nitrogens is 2. The Hall–Kier alpha value is -0.435. The van der Waals surface area contributed by atoms with Crippen LogP contribution in [0.1, 0.15) is 5.69 Å². The molecule has 0 saturated heterocycles. The molecule has 0 unspecified atom stereocenters. The predicted octanol–water partition coefficient (Wildman–Crippen LogP) is 0.742. The van der Waals surface area contributed by atoms with Crippen LogP contribution in [0.4, 0.5) is 0 Å². The van der Waals surface area contributed by atoms with E-state index in [4.69, 9.17) is 19.4 Å². The Labute approximate surface area is 60.3 Å². The lowest BCUT2D eigenvalue weighted by atomic mass is 10.0. The molecule has 4 heteroatoms. The zero-order valence-corrected chi connectivity index (χ0v) is 5.89. The lowest BCUT2D eigenvalue weighted by Crippen LogP contribution is -1.95. The maximum Gasteiger partial charge on any atom is 0.202 e. The van der Waals surface area contributed by atoms with Crippen molar-refractivity contribution in [3.63, 3.8) is 0 Å². The third-order valence-electron chi connectivity index (χ3n) is 1.24. The summed E-state index contributed by atoms with van der Waals surface area (Å²) in [6, 6.07) is 0. The first-order valence-corrected chi connectivity index (χ1v) is 2.99. The number of nitrogens with zero attached hydrogens (tertiary/aromatic N) is 2. The standard InChI is InChI=1S/C5H6BClN2/c1-9-4(2-6)3-8-5(9)7/h3H,2H2,1H3. The lowest BCUT2D eigenvalue weighted by molar-refractivity contribution is 0.866. The second kappa shape index (κ2) is 2.44. The second-order valence-electron chi connectivity index (χ2n) is 1.78. The third-order valence-corrected chi connectivity index (χ3v) is 1.59. The first-order valence-electron chi connectivity index (χ1n) is 2.62. The Morgan fingerprint density at radius 1 is 1.89 bits per heavy atom. The molecule has 1 aromatic heterocycles. The van der Waals surface area contributed by atoms with Crippen LogP contribution in [0.25, 0.3) is 0 Å². The molecule has 0 N–H and O–H groups in total. The summed E-state index contributed by atoms with van der Waals surface area (Å²) in [7, 11) is 7.18. The van der Waals surface area contributed by atoms with Crippen molar-refractivity contribution >= 4 is 19.4 Å². The highest BCUT2D eigenvalue weighted by atomic mass is 35.5. The SMILES string of the molecule is [B]Cc1cnc(Cl)n1C. The average molecular weight is 140 g/mol. The number of hydrogen-bond donors (Lipinski definition) is 0. The van der Waals surface area contributed by atoms with Crippen molar-refractivity contribution in [3.05, 3.63) is 17.2 Å². The van der Waals surface area contributed by atoms with E-state index in [1.54, 1.807) is 10.8 Å². The van der Waals surface area contributed by atoms with Gasteiger partial charge in [0.2, 0.25) is 5.28 Å². The van der Waals surface area contributed by atoms with Crippen molar-refractivity contribution in [3.8, 4) is 0 Å². The van der Waals surface area contributed by atoms with Crippen LogP contribution >= 0.6 is 11.6 Å². The highest BCUT2D eigenvalue weighted by molar-refractivity contribution is 6.28. The molecule has 0 saturated carbocycles. The first-order chi connectivity index (χ1) is 4.25. The molecule has 0 aliphatic rings. The Bertz CT molecular complexity index is 209. The molecule has 0 fully saturated rings. The monoisotopic (exact) mass is 140 g/mol. The summed E-state index contributed by atoms with van der Waals surface area (Å²) in [4.78, 5) is 3.84. The number of hydrogen-bond acceptors (Lipinski definition) is 1. The Morgan fingerprint density at radius 3 is 2.78 bits per heavy atom. The van der Waals surface area contributed by atoms with Crippen LogP contribution in [-0.2, 0) is 13.4 Å². The van der Waals surface area contributed by atoms with E-state index < -0.39 is 0 Å². The predicted molar refractivity (Wildman–Crippen MR) is 37.7 cm³/mol. The highest BCUT2D eigenvalue weighted by Gasteiger charge is 1.98. The van der Waals surface area contributed by atoms with Gasteiger partial charge in [0.25, 0.3) is 0 Å². The molecule has 0 amide bonds. The highest BCUT2D eigenvalue weighted by Crippen LogP contribution is 2.06. The van der Waals surface area contributed by atoms with E-state index in [0.717, 1.165) is 5.69 Å². The molecule has 0 aromatic carbocycles. The molecule has 9 heavy (non-hydrogen) atoms. The van der Waals surface area contributed by atoms with Gasteiger partial charge in [0.15, 0.2) is 0 Å². The fourth-order valence-electron chi connectivity index (χ4n) is 0.609. The van der Waals surface area contributed by atoms with E-state index in [2.05, 4.69) is 4.98 Å². The van der Waals surface area contributed by atoms with E-state index >= 15 is 0 Å². The molecular formula is C5H6BClN2. The summed E-state index contributed by atoms with van der Waals surface area (Å²) >= 11 is 5.60. The van der Waals surface area contributed by atoms with Crippen LogP contribution in [0.5, 0.6) is 0 Å². The quantitative estimate of drug-likeness (QED) is 0.526. The molecule has 0 spiro atoms. The smallest absolute Gasteiger partial charge is 0.202 e. The fourth-order valence-corrected chi connectivity index (χ4v) is 0.766. The average Bonchev–Trinajstić information content (AvgIpc) is 2.15. The van der Waals surface area contributed by atoms with Crippen LogP contribution in [-0.4, -0.2) is 17.4 Å². The topological polar surface area (TPSA) is 17.8 Å². The summed E-state index contributed by atoms with van der Waals surface area (Å²) < 4.78 is 1.75. The number of imidazole rings is 1. The molecule has 0 bridgehead atoms. The van der Waals surface area contributed by atoms with Crippen molar-refractivity contribution in [2.45, 2.75) is 6.32 Å². The van der Waals surface area contributed by atoms with Crippen molar-refractivity contribution in [1.29, 1.82) is 0 Å². The second-order valence-corrected chi connectivity index (χ2v) is 2.12. The van der Waals surface area contributed by atoms with Crippen LogP contribution in [0.3, 0.4) is 0 Å². The zero-order valence-electron chi connectivity index (χ0n) is 5.13. The molecule has 1 rings (SSSR count). The number of rotatable bonds is 1. The van der Waals surface area contributed by atoms with Crippen molar-refractivity contribution in [2.75, 3.05) is 0 Å². The summed E-state index contributed by atoms with van der Waals surface area (Å²) in [5.74, 6) is 0. The van der Waals surface area contributed by atoms with Crippen LogP contribution in [0.2, 0.25) is 5.28 Å². The van der Waals surface area contributed by atoms with Crippen molar-refractivity contribution < 1.29 is 0 Å². The van der Waals surface area contributed by atoms with Gasteiger partial charge in [0.1, 0.15) is 0 Å². The molecule has 2 nitrogen and oxygen atoms in total. The van der Waals surface area contributed by atoms with Gasteiger partial charge in [-0.1, -0.05) is 0 Å². The maximum atomic E-state index is 5.60. The van der Waals surface area contributed by atoms with E-state index in [-0.39, 0.29) is 0 Å².